The van der Waals surface area contributed by atoms with Gasteiger partial charge in [-0.15, -0.1) is 0 Å². The number of carboxylic acids is 1. The van der Waals surface area contributed by atoms with Gasteiger partial charge in [0, 0.05) is 18.7 Å². The van der Waals surface area contributed by atoms with Crippen LogP contribution in [0.4, 0.5) is 14.6 Å². The van der Waals surface area contributed by atoms with Crippen LogP contribution in [0.3, 0.4) is 0 Å². The maximum absolute atomic E-state index is 15.0. The Balaban J connectivity index is 1.51. The molecule has 9 nitrogen and oxygen atoms in total. The Hall–Kier alpha value is -4.15. The summed E-state index contributed by atoms with van der Waals surface area (Å²) in [6.45, 7) is 1.54. The molecule has 0 saturated heterocycles. The summed E-state index contributed by atoms with van der Waals surface area (Å²) in [5.74, 6) is -1.88. The highest BCUT2D eigenvalue weighted by atomic mass is 19.1. The summed E-state index contributed by atoms with van der Waals surface area (Å²) >= 11 is 0. The first-order valence-corrected chi connectivity index (χ1v) is 11.6. The van der Waals surface area contributed by atoms with Crippen molar-refractivity contribution in [3.05, 3.63) is 65.6 Å². The third-order valence-electron chi connectivity index (χ3n) is 6.68. The van der Waals surface area contributed by atoms with Gasteiger partial charge in [-0.1, -0.05) is 23.7 Å². The van der Waals surface area contributed by atoms with Crippen LogP contribution >= 0.6 is 0 Å². The highest BCUT2D eigenvalue weighted by Gasteiger charge is 2.24. The molecule has 1 aliphatic carbocycles. The van der Waals surface area contributed by atoms with E-state index in [1.807, 2.05) is 6.07 Å². The summed E-state index contributed by atoms with van der Waals surface area (Å²) in [4.78, 5) is 20.9. The predicted octanol–water partition coefficient (Wildman–Crippen LogP) is 4.50. The van der Waals surface area contributed by atoms with Gasteiger partial charge in [-0.2, -0.15) is 5.10 Å². The molecular formula is C25H24F2N6O3. The molecular weight excluding hydrogens is 470 g/mol. The van der Waals surface area contributed by atoms with Crippen molar-refractivity contribution in [3.8, 4) is 22.9 Å². The quantitative estimate of drug-likeness (QED) is 0.381. The van der Waals surface area contributed by atoms with Crippen LogP contribution in [0.25, 0.3) is 22.9 Å². The van der Waals surface area contributed by atoms with Crippen molar-refractivity contribution < 1.29 is 23.2 Å². The van der Waals surface area contributed by atoms with E-state index in [-0.39, 0.29) is 29.7 Å². The first-order valence-electron chi connectivity index (χ1n) is 11.6. The first-order chi connectivity index (χ1) is 17.3. The number of carboxylic acid groups (broad SMARTS) is 1. The van der Waals surface area contributed by atoms with E-state index >= 15 is 0 Å². The van der Waals surface area contributed by atoms with Crippen LogP contribution in [0, 0.1) is 11.6 Å². The SMILES string of the molecule is C[C@@H](C(=O)O)N(C)c1nc(-c2cc(-c3ccon3)n(Cc3ccc(C4CCC4)cc3F)n2)ncc1F. The van der Waals surface area contributed by atoms with Crippen LogP contribution < -0.4 is 4.90 Å². The van der Waals surface area contributed by atoms with Crippen LogP contribution in [-0.4, -0.2) is 49.1 Å². The minimum absolute atomic E-state index is 0.0835. The average molecular weight is 495 g/mol. The second-order valence-electron chi connectivity index (χ2n) is 8.93. The lowest BCUT2D eigenvalue weighted by atomic mass is 9.80. The molecule has 11 heteroatoms. The molecule has 0 radical (unpaired) electrons. The molecule has 0 unspecified atom stereocenters. The molecule has 1 aliphatic rings. The second-order valence-corrected chi connectivity index (χ2v) is 8.93. The zero-order valence-electron chi connectivity index (χ0n) is 19.7. The van der Waals surface area contributed by atoms with E-state index in [9.17, 15) is 18.7 Å². The van der Waals surface area contributed by atoms with Crippen molar-refractivity contribution in [3.63, 3.8) is 0 Å². The number of benzene rings is 1. The number of carbonyl (C=O) groups is 1. The first kappa shape index (κ1) is 23.6. The van der Waals surface area contributed by atoms with Gasteiger partial charge in [0.05, 0.1) is 18.4 Å². The Bertz CT molecular complexity index is 1400. The van der Waals surface area contributed by atoms with E-state index in [1.54, 1.807) is 28.9 Å². The second kappa shape index (κ2) is 9.48. The van der Waals surface area contributed by atoms with E-state index < -0.39 is 17.8 Å². The fourth-order valence-electron chi connectivity index (χ4n) is 4.12. The predicted molar refractivity (Wildman–Crippen MR) is 126 cm³/mol. The number of likely N-dealkylation sites (N-methyl/N-ethyl adjacent to an activating group) is 1. The Morgan fingerprint density at radius 3 is 2.67 bits per heavy atom. The van der Waals surface area contributed by atoms with E-state index in [0.717, 1.165) is 24.6 Å². The zero-order valence-corrected chi connectivity index (χ0v) is 19.7. The Morgan fingerprint density at radius 1 is 1.22 bits per heavy atom. The Labute approximate surface area is 205 Å². The Kier molecular flexibility index (Phi) is 6.21. The molecule has 186 valence electrons. The number of rotatable bonds is 8. The van der Waals surface area contributed by atoms with Crippen molar-refractivity contribution >= 4 is 11.8 Å². The maximum atomic E-state index is 15.0. The summed E-state index contributed by atoms with van der Waals surface area (Å²) in [5, 5.41) is 17.8. The molecule has 5 rings (SSSR count). The number of aliphatic carboxylic acids is 1. The van der Waals surface area contributed by atoms with Gasteiger partial charge in [0.15, 0.2) is 17.5 Å². The van der Waals surface area contributed by atoms with Gasteiger partial charge in [0.2, 0.25) is 0 Å². The maximum Gasteiger partial charge on any atom is 0.326 e. The Morgan fingerprint density at radius 2 is 2.03 bits per heavy atom. The van der Waals surface area contributed by atoms with Gasteiger partial charge in [-0.05, 0) is 43.4 Å². The average Bonchev–Trinajstić information content (AvgIpc) is 3.49. The van der Waals surface area contributed by atoms with Gasteiger partial charge < -0.3 is 14.5 Å². The van der Waals surface area contributed by atoms with E-state index in [0.29, 0.717) is 22.9 Å². The monoisotopic (exact) mass is 494 g/mol. The molecule has 1 saturated carbocycles. The number of hydrogen-bond donors (Lipinski definition) is 1. The van der Waals surface area contributed by atoms with Crippen LogP contribution in [0.5, 0.6) is 0 Å². The van der Waals surface area contributed by atoms with Crippen LogP contribution in [-0.2, 0) is 11.3 Å². The molecule has 1 fully saturated rings. The van der Waals surface area contributed by atoms with Gasteiger partial charge >= 0.3 is 5.97 Å². The summed E-state index contributed by atoms with van der Waals surface area (Å²) in [5.41, 5.74) is 2.75. The molecule has 0 aliphatic heterocycles. The van der Waals surface area contributed by atoms with Crippen molar-refractivity contribution in [1.82, 2.24) is 24.9 Å². The van der Waals surface area contributed by atoms with Crippen molar-refractivity contribution in [2.24, 2.45) is 0 Å². The number of halogens is 2. The van der Waals surface area contributed by atoms with E-state index in [2.05, 4.69) is 20.2 Å². The topological polar surface area (TPSA) is 110 Å². The summed E-state index contributed by atoms with van der Waals surface area (Å²) < 4.78 is 36.0. The summed E-state index contributed by atoms with van der Waals surface area (Å²) in [6, 6.07) is 7.59. The van der Waals surface area contributed by atoms with Gasteiger partial charge in [-0.25, -0.2) is 23.5 Å². The van der Waals surface area contributed by atoms with Crippen molar-refractivity contribution in [1.29, 1.82) is 0 Å². The lowest BCUT2D eigenvalue weighted by molar-refractivity contribution is -0.138. The standard InChI is InChI=1S/C25H24F2N6O3/c1-14(25(34)35)32(2)24-19(27)12-28-23(29-24)21-11-22(20-8-9-36-31-20)33(30-21)13-17-7-6-16(10-18(17)26)15-4-3-5-15/h6-12,14-15H,3-5,13H2,1-2H3,(H,34,35)/t14-/m0/s1. The van der Waals surface area contributed by atoms with Crippen LogP contribution in [0.2, 0.25) is 0 Å². The minimum Gasteiger partial charge on any atom is -0.480 e. The number of hydrogen-bond acceptors (Lipinski definition) is 7. The lowest BCUT2D eigenvalue weighted by Crippen LogP contribution is -2.37. The van der Waals surface area contributed by atoms with Crippen LogP contribution in [0.15, 0.2) is 47.3 Å². The normalized spacial score (nSPS) is 14.4. The largest absolute Gasteiger partial charge is 0.480 e. The smallest absolute Gasteiger partial charge is 0.326 e. The fourth-order valence-corrected chi connectivity index (χ4v) is 4.12. The molecule has 0 bridgehead atoms. The lowest BCUT2D eigenvalue weighted by Gasteiger charge is -2.26. The van der Waals surface area contributed by atoms with Gasteiger partial charge in [0.25, 0.3) is 0 Å². The highest BCUT2D eigenvalue weighted by Crippen LogP contribution is 2.37. The molecule has 3 aromatic heterocycles. The summed E-state index contributed by atoms with van der Waals surface area (Å²) in [6.07, 6.45) is 5.71. The molecule has 1 atom stereocenters. The number of aromatic nitrogens is 5. The number of nitrogens with zero attached hydrogens (tertiary/aromatic N) is 6. The van der Waals surface area contributed by atoms with E-state index in [4.69, 9.17) is 4.52 Å². The van der Waals surface area contributed by atoms with Crippen LogP contribution in [0.1, 0.15) is 43.2 Å². The molecule has 0 amide bonds. The highest BCUT2D eigenvalue weighted by molar-refractivity contribution is 5.77. The molecule has 1 aromatic carbocycles. The molecule has 3 heterocycles. The third kappa shape index (κ3) is 4.43. The summed E-state index contributed by atoms with van der Waals surface area (Å²) in [7, 11) is 1.43. The molecule has 4 aromatic rings. The van der Waals surface area contributed by atoms with Gasteiger partial charge in [-0.3, -0.25) is 4.68 Å². The third-order valence-corrected chi connectivity index (χ3v) is 6.68. The fraction of sp³-hybridized carbons (Fsp3) is 0.320. The van der Waals surface area contributed by atoms with Gasteiger partial charge in [0.1, 0.15) is 29.5 Å². The zero-order chi connectivity index (χ0) is 25.4. The number of anilines is 1. The van der Waals surface area contributed by atoms with Crippen molar-refractivity contribution in [2.45, 2.75) is 44.7 Å². The molecule has 0 spiro atoms. The van der Waals surface area contributed by atoms with Crippen molar-refractivity contribution in [2.75, 3.05) is 11.9 Å². The molecule has 1 N–H and O–H groups in total. The minimum atomic E-state index is -1.12. The van der Waals surface area contributed by atoms with E-state index in [1.165, 1.54) is 31.6 Å². The molecule has 36 heavy (non-hydrogen) atoms.